The van der Waals surface area contributed by atoms with Crippen LogP contribution in [-0.4, -0.2) is 81.5 Å². The summed E-state index contributed by atoms with van der Waals surface area (Å²) in [5.41, 5.74) is 5.48. The summed E-state index contributed by atoms with van der Waals surface area (Å²) in [6.45, 7) is 1.23. The lowest BCUT2D eigenvalue weighted by atomic mass is 10.0. The molecule has 2 atom stereocenters. The van der Waals surface area contributed by atoms with Crippen LogP contribution in [0.4, 0.5) is 22.7 Å². The number of ether oxygens (including phenoxy) is 3. The standard InChI is InChI=1S/C48H64N5O9P/c1-5-6-7-12-17-39-22-28-43(29-23-39)51-52-44-30-32-45(33-31-44)58-38-48(55)62-46(37-61-63(56,57)60-35-34-53(2,3)4)36-59-47(54)21-16-10-8-9-13-18-40-24-26-42(27-25-40)50-49-41-19-14-11-15-20-41/h11,14-15,19-20,22-33,46H,5-10,12-13,16-18,21,34-38H2,1-4H3/p+1/t46-/m1/s1. The maximum absolute atomic E-state index is 12.8. The Morgan fingerprint density at radius 1 is 0.619 bits per heavy atom. The minimum absolute atomic E-state index is 0.0345. The topological polar surface area (TPSA) is 167 Å². The first kappa shape index (κ1) is 50.5. The molecule has 0 aliphatic heterocycles. The molecule has 1 N–H and O–H groups in total. The van der Waals surface area contributed by atoms with Gasteiger partial charge in [-0.2, -0.15) is 20.5 Å². The van der Waals surface area contributed by atoms with Crippen molar-refractivity contribution in [2.45, 2.75) is 90.1 Å². The number of aryl methyl sites for hydroxylation is 2. The summed E-state index contributed by atoms with van der Waals surface area (Å²) in [5, 5.41) is 17.2. The molecule has 0 bridgehead atoms. The number of unbranched alkanes of at least 4 members (excludes halogenated alkanes) is 7. The zero-order chi connectivity index (χ0) is 45.2. The second-order valence-electron chi connectivity index (χ2n) is 16.3. The highest BCUT2D eigenvalue weighted by Gasteiger charge is 2.27. The van der Waals surface area contributed by atoms with E-state index in [4.69, 9.17) is 23.3 Å². The van der Waals surface area contributed by atoms with E-state index in [9.17, 15) is 19.0 Å². The molecule has 0 saturated heterocycles. The minimum atomic E-state index is -4.49. The Balaban J connectivity index is 1.17. The van der Waals surface area contributed by atoms with Gasteiger partial charge < -0.3 is 23.6 Å². The predicted octanol–water partition coefficient (Wildman–Crippen LogP) is 11.9. The lowest BCUT2D eigenvalue weighted by Gasteiger charge is -2.24. The molecule has 0 radical (unpaired) electrons. The van der Waals surface area contributed by atoms with Crippen LogP contribution in [0.15, 0.2) is 124 Å². The third kappa shape index (κ3) is 22.7. The number of quaternary nitrogens is 1. The first-order valence-corrected chi connectivity index (χ1v) is 23.4. The largest absolute Gasteiger partial charge is 0.482 e. The van der Waals surface area contributed by atoms with Crippen molar-refractivity contribution in [1.82, 2.24) is 0 Å². The highest BCUT2D eigenvalue weighted by Crippen LogP contribution is 2.43. The number of carbonyl (C=O) groups is 2. The Morgan fingerprint density at radius 2 is 1.13 bits per heavy atom. The number of nitrogens with zero attached hydrogens (tertiary/aromatic N) is 5. The van der Waals surface area contributed by atoms with Crippen molar-refractivity contribution in [3.8, 4) is 5.75 Å². The molecule has 0 aliphatic carbocycles. The monoisotopic (exact) mass is 886 g/mol. The summed E-state index contributed by atoms with van der Waals surface area (Å²) in [6.07, 6.45) is 10.4. The summed E-state index contributed by atoms with van der Waals surface area (Å²) in [5.74, 6) is -0.879. The zero-order valence-corrected chi connectivity index (χ0v) is 38.2. The molecule has 0 amide bonds. The molecular formula is C48H65N5O9P+. The molecule has 4 rings (SSSR count). The van der Waals surface area contributed by atoms with Crippen molar-refractivity contribution in [3.05, 3.63) is 114 Å². The van der Waals surface area contributed by atoms with Crippen molar-refractivity contribution in [2.75, 3.05) is 54.1 Å². The Bertz CT molecular complexity index is 2020. The van der Waals surface area contributed by atoms with Gasteiger partial charge in [-0.1, -0.05) is 87.9 Å². The average molecular weight is 887 g/mol. The molecule has 0 saturated carbocycles. The molecule has 63 heavy (non-hydrogen) atoms. The summed E-state index contributed by atoms with van der Waals surface area (Å²) < 4.78 is 39.8. The van der Waals surface area contributed by atoms with Crippen molar-refractivity contribution in [1.29, 1.82) is 0 Å². The van der Waals surface area contributed by atoms with Crippen LogP contribution in [0.3, 0.4) is 0 Å². The summed E-state index contributed by atoms with van der Waals surface area (Å²) >= 11 is 0. The van der Waals surface area contributed by atoms with Crippen molar-refractivity contribution >= 4 is 42.5 Å². The molecule has 0 spiro atoms. The van der Waals surface area contributed by atoms with Gasteiger partial charge in [0.2, 0.25) is 0 Å². The number of phosphoric ester groups is 1. The first-order valence-electron chi connectivity index (χ1n) is 21.9. The number of azo groups is 2. The lowest BCUT2D eigenvalue weighted by Crippen LogP contribution is -2.37. The average Bonchev–Trinajstić information content (AvgIpc) is 3.27. The third-order valence-electron chi connectivity index (χ3n) is 9.72. The van der Waals surface area contributed by atoms with E-state index in [1.165, 1.54) is 36.8 Å². The van der Waals surface area contributed by atoms with Gasteiger partial charge in [0.1, 0.15) is 25.5 Å². The van der Waals surface area contributed by atoms with Crippen LogP contribution >= 0.6 is 7.82 Å². The fourth-order valence-corrected chi connectivity index (χ4v) is 6.80. The molecular weight excluding hydrogens is 822 g/mol. The number of hydrogen-bond acceptors (Lipinski definition) is 12. The second kappa shape index (κ2) is 27.8. The van der Waals surface area contributed by atoms with Gasteiger partial charge in [0.25, 0.3) is 0 Å². The molecule has 1 unspecified atom stereocenters. The van der Waals surface area contributed by atoms with Gasteiger partial charge in [0, 0.05) is 6.42 Å². The maximum atomic E-state index is 12.8. The number of likely N-dealkylation sites (N-methyl/N-ethyl adjacent to an activating group) is 1. The quantitative estimate of drug-likeness (QED) is 0.0176. The smallest absolute Gasteiger partial charge is 0.472 e. The third-order valence-corrected chi connectivity index (χ3v) is 10.7. The van der Waals surface area contributed by atoms with Crippen molar-refractivity contribution in [2.24, 2.45) is 20.5 Å². The van der Waals surface area contributed by atoms with E-state index >= 15 is 0 Å². The van der Waals surface area contributed by atoms with E-state index < -0.39 is 39.1 Å². The van der Waals surface area contributed by atoms with Crippen LogP contribution in [0.5, 0.6) is 5.75 Å². The Morgan fingerprint density at radius 3 is 1.68 bits per heavy atom. The number of phosphoric acid groups is 1. The molecule has 340 valence electrons. The normalized spacial score (nSPS) is 13.2. The number of carbonyl (C=O) groups excluding carboxylic acids is 2. The van der Waals surface area contributed by atoms with Crippen LogP contribution in [0.1, 0.15) is 82.3 Å². The summed E-state index contributed by atoms with van der Waals surface area (Å²) in [4.78, 5) is 35.7. The number of hydrogen-bond donors (Lipinski definition) is 1. The lowest BCUT2D eigenvalue weighted by molar-refractivity contribution is -0.870. The Hall–Kier alpha value is -5.11. The Kier molecular flexibility index (Phi) is 22.3. The van der Waals surface area contributed by atoms with Gasteiger partial charge in [-0.25, -0.2) is 9.36 Å². The minimum Gasteiger partial charge on any atom is -0.482 e. The Labute approximate surface area is 372 Å². The zero-order valence-electron chi connectivity index (χ0n) is 37.3. The van der Waals surface area contributed by atoms with Gasteiger partial charge in [-0.15, -0.1) is 0 Å². The van der Waals surface area contributed by atoms with Crippen LogP contribution in [0.2, 0.25) is 0 Å². The number of benzene rings is 4. The maximum Gasteiger partial charge on any atom is 0.472 e. The van der Waals surface area contributed by atoms with Crippen molar-refractivity contribution in [3.63, 3.8) is 0 Å². The first-order chi connectivity index (χ1) is 30.4. The molecule has 14 nitrogen and oxygen atoms in total. The summed E-state index contributed by atoms with van der Waals surface area (Å²) in [6, 6.07) is 32.5. The van der Waals surface area contributed by atoms with Crippen LogP contribution in [-0.2, 0) is 45.5 Å². The van der Waals surface area contributed by atoms with Crippen LogP contribution in [0, 0.1) is 0 Å². The molecule has 0 heterocycles. The van der Waals surface area contributed by atoms with Crippen molar-refractivity contribution < 1.29 is 46.8 Å². The van der Waals surface area contributed by atoms with E-state index in [1.807, 2.05) is 75.7 Å². The SMILES string of the molecule is CCCCCCc1ccc(N=Nc2ccc(OCC(=O)O[C@H](COC(=O)CCCCCCCc3ccc(N=Nc4ccccc4)cc3)COP(=O)(O)OCC[N+](C)(C)C)cc2)cc1. The molecule has 4 aromatic carbocycles. The highest BCUT2D eigenvalue weighted by molar-refractivity contribution is 7.47. The predicted molar refractivity (Wildman–Crippen MR) is 244 cm³/mol. The van der Waals surface area contributed by atoms with Crippen LogP contribution in [0.25, 0.3) is 0 Å². The van der Waals surface area contributed by atoms with E-state index in [0.717, 1.165) is 55.6 Å². The number of rotatable bonds is 30. The number of esters is 2. The van der Waals surface area contributed by atoms with E-state index in [2.05, 4.69) is 51.6 Å². The van der Waals surface area contributed by atoms with Crippen LogP contribution < -0.4 is 4.74 Å². The molecule has 0 aromatic heterocycles. The van der Waals surface area contributed by atoms with Gasteiger partial charge >= 0.3 is 19.8 Å². The van der Waals surface area contributed by atoms with Gasteiger partial charge in [0.05, 0.1) is 50.5 Å². The van der Waals surface area contributed by atoms with E-state index in [1.54, 1.807) is 24.3 Å². The molecule has 0 fully saturated rings. The van der Waals surface area contributed by atoms with Gasteiger partial charge in [-0.05, 0) is 104 Å². The fraction of sp³-hybridized carbons (Fsp3) is 0.458. The van der Waals surface area contributed by atoms with Gasteiger partial charge in [-0.3, -0.25) is 13.8 Å². The molecule has 15 heteroatoms. The highest BCUT2D eigenvalue weighted by atomic mass is 31.2. The van der Waals surface area contributed by atoms with Gasteiger partial charge in [0.15, 0.2) is 12.7 Å². The summed E-state index contributed by atoms with van der Waals surface area (Å²) in [7, 11) is 1.25. The second-order valence-corrected chi connectivity index (χ2v) is 17.8. The molecule has 0 aliphatic rings. The fourth-order valence-electron chi connectivity index (χ4n) is 6.06. The van der Waals surface area contributed by atoms with E-state index in [0.29, 0.717) is 28.9 Å². The van der Waals surface area contributed by atoms with E-state index in [-0.39, 0.29) is 19.6 Å². The molecule has 4 aromatic rings.